The smallest absolute Gasteiger partial charge is 0.112 e. The second kappa shape index (κ2) is 6.32. The number of hydrogen-bond acceptors (Lipinski definition) is 4. The first kappa shape index (κ1) is 14.2. The molecule has 2 rings (SSSR count). The van der Waals surface area contributed by atoms with Gasteiger partial charge in [-0.05, 0) is 24.6 Å². The van der Waals surface area contributed by atoms with E-state index in [9.17, 15) is 0 Å². The Labute approximate surface area is 126 Å². The second-order valence-electron chi connectivity index (χ2n) is 3.98. The number of aryl methyl sites for hydroxylation is 1. The summed E-state index contributed by atoms with van der Waals surface area (Å²) in [6.07, 6.45) is 2.92. The average molecular weight is 312 g/mol. The maximum Gasteiger partial charge on any atom is 0.112 e. The van der Waals surface area contributed by atoms with Gasteiger partial charge in [0.25, 0.3) is 0 Å². The summed E-state index contributed by atoms with van der Waals surface area (Å²) in [5.74, 6) is 0. The van der Waals surface area contributed by atoms with Gasteiger partial charge >= 0.3 is 0 Å². The Morgan fingerprint density at radius 1 is 1.53 bits per heavy atom. The number of thiazole rings is 1. The molecule has 0 aliphatic carbocycles. The summed E-state index contributed by atoms with van der Waals surface area (Å²) in [4.78, 5) is 5.99. The zero-order valence-electron chi connectivity index (χ0n) is 10.4. The SMILES string of the molecule is CCc1cnc(CNc2cc(Cl)ccc2C(N)=S)s1. The van der Waals surface area contributed by atoms with Crippen LogP contribution in [0.25, 0.3) is 0 Å². The molecule has 0 amide bonds. The fourth-order valence-electron chi connectivity index (χ4n) is 1.64. The van der Waals surface area contributed by atoms with Crippen molar-refractivity contribution < 1.29 is 0 Å². The van der Waals surface area contributed by atoms with E-state index in [2.05, 4.69) is 17.2 Å². The number of nitrogens with one attached hydrogen (secondary N) is 1. The molecule has 0 unspecified atom stereocenters. The van der Waals surface area contributed by atoms with Crippen LogP contribution in [0.2, 0.25) is 5.02 Å². The number of benzene rings is 1. The first-order chi connectivity index (χ1) is 9.10. The number of anilines is 1. The number of halogens is 1. The maximum absolute atomic E-state index is 5.99. The largest absolute Gasteiger partial charge is 0.389 e. The molecule has 0 fully saturated rings. The number of aromatic nitrogens is 1. The van der Waals surface area contributed by atoms with Crippen LogP contribution in [-0.4, -0.2) is 9.97 Å². The van der Waals surface area contributed by atoms with Crippen LogP contribution in [0.3, 0.4) is 0 Å². The zero-order valence-corrected chi connectivity index (χ0v) is 12.8. The van der Waals surface area contributed by atoms with Crippen LogP contribution >= 0.6 is 35.2 Å². The van der Waals surface area contributed by atoms with Gasteiger partial charge in [0.05, 0.1) is 6.54 Å². The van der Waals surface area contributed by atoms with Crippen LogP contribution < -0.4 is 11.1 Å². The molecule has 6 heteroatoms. The standard InChI is InChI=1S/C13H14ClN3S2/c1-2-9-6-17-12(19-9)7-16-11-5-8(14)3-4-10(11)13(15)18/h3-6,16H,2,7H2,1H3,(H2,15,18). The van der Waals surface area contributed by atoms with Crippen LogP contribution in [0.1, 0.15) is 22.4 Å². The summed E-state index contributed by atoms with van der Waals surface area (Å²) in [5, 5.41) is 4.97. The van der Waals surface area contributed by atoms with E-state index in [0.717, 1.165) is 22.7 Å². The fourth-order valence-corrected chi connectivity index (χ4v) is 2.79. The Kier molecular flexibility index (Phi) is 4.74. The van der Waals surface area contributed by atoms with Crippen LogP contribution in [-0.2, 0) is 13.0 Å². The average Bonchev–Trinajstić information content (AvgIpc) is 2.84. The monoisotopic (exact) mass is 311 g/mol. The van der Waals surface area contributed by atoms with E-state index < -0.39 is 0 Å². The number of nitrogens with zero attached hydrogens (tertiary/aromatic N) is 1. The highest BCUT2D eigenvalue weighted by Crippen LogP contribution is 2.22. The molecular weight excluding hydrogens is 298 g/mol. The van der Waals surface area contributed by atoms with Gasteiger partial charge in [-0.1, -0.05) is 30.7 Å². The Balaban J connectivity index is 2.14. The molecule has 1 aromatic heterocycles. The van der Waals surface area contributed by atoms with Gasteiger partial charge < -0.3 is 11.1 Å². The topological polar surface area (TPSA) is 50.9 Å². The Morgan fingerprint density at radius 3 is 2.95 bits per heavy atom. The fraction of sp³-hybridized carbons (Fsp3) is 0.231. The van der Waals surface area contributed by atoms with E-state index in [1.165, 1.54) is 4.88 Å². The van der Waals surface area contributed by atoms with Crippen molar-refractivity contribution in [1.82, 2.24) is 4.98 Å². The molecule has 3 nitrogen and oxygen atoms in total. The molecule has 1 heterocycles. The predicted octanol–water partition coefficient (Wildman–Crippen LogP) is 3.61. The van der Waals surface area contributed by atoms with Gasteiger partial charge in [0.1, 0.15) is 10.00 Å². The third-order valence-electron chi connectivity index (χ3n) is 2.63. The molecule has 2 aromatic rings. The molecule has 0 atom stereocenters. The number of thiocarbonyl (C=S) groups is 1. The summed E-state index contributed by atoms with van der Waals surface area (Å²) >= 11 is 12.7. The van der Waals surface area contributed by atoms with Crippen molar-refractivity contribution in [2.75, 3.05) is 5.32 Å². The minimum atomic E-state index is 0.354. The van der Waals surface area contributed by atoms with Crippen molar-refractivity contribution in [2.45, 2.75) is 19.9 Å². The molecule has 1 aromatic carbocycles. The maximum atomic E-state index is 5.99. The summed E-state index contributed by atoms with van der Waals surface area (Å²) in [6.45, 7) is 2.76. The van der Waals surface area contributed by atoms with E-state index in [1.807, 2.05) is 18.3 Å². The second-order valence-corrected chi connectivity index (χ2v) is 6.06. The van der Waals surface area contributed by atoms with Gasteiger partial charge in [0, 0.05) is 27.3 Å². The van der Waals surface area contributed by atoms with Crippen molar-refractivity contribution in [1.29, 1.82) is 0 Å². The van der Waals surface area contributed by atoms with Crippen LogP contribution in [0.4, 0.5) is 5.69 Å². The number of nitrogens with two attached hydrogens (primary N) is 1. The lowest BCUT2D eigenvalue weighted by Crippen LogP contribution is -2.13. The predicted molar refractivity (Wildman–Crippen MR) is 86.2 cm³/mol. The third-order valence-corrected chi connectivity index (χ3v) is 4.22. The first-order valence-electron chi connectivity index (χ1n) is 5.87. The molecule has 3 N–H and O–H groups in total. The zero-order chi connectivity index (χ0) is 13.8. The lowest BCUT2D eigenvalue weighted by Gasteiger charge is -2.10. The van der Waals surface area contributed by atoms with Crippen molar-refractivity contribution >= 4 is 45.8 Å². The highest BCUT2D eigenvalue weighted by atomic mass is 35.5. The van der Waals surface area contributed by atoms with Crippen LogP contribution in [0, 0.1) is 0 Å². The summed E-state index contributed by atoms with van der Waals surface area (Å²) < 4.78 is 0. The summed E-state index contributed by atoms with van der Waals surface area (Å²) in [5.41, 5.74) is 7.33. The quantitative estimate of drug-likeness (QED) is 0.828. The normalized spacial score (nSPS) is 10.4. The Morgan fingerprint density at radius 2 is 2.32 bits per heavy atom. The number of rotatable bonds is 5. The lowest BCUT2D eigenvalue weighted by atomic mass is 10.2. The molecular formula is C13H14ClN3S2. The highest BCUT2D eigenvalue weighted by molar-refractivity contribution is 7.80. The van der Waals surface area contributed by atoms with Crippen LogP contribution in [0.5, 0.6) is 0 Å². The molecule has 0 radical (unpaired) electrons. The van der Waals surface area contributed by atoms with E-state index in [-0.39, 0.29) is 0 Å². The molecule has 0 spiro atoms. The van der Waals surface area contributed by atoms with Crippen LogP contribution in [0.15, 0.2) is 24.4 Å². The third kappa shape index (κ3) is 3.65. The minimum Gasteiger partial charge on any atom is -0.389 e. The highest BCUT2D eigenvalue weighted by Gasteiger charge is 2.07. The molecule has 0 bridgehead atoms. The van der Waals surface area contributed by atoms with E-state index in [4.69, 9.17) is 29.6 Å². The van der Waals surface area contributed by atoms with Gasteiger partial charge in [-0.25, -0.2) is 4.98 Å². The molecule has 0 aliphatic rings. The minimum absolute atomic E-state index is 0.354. The van der Waals surface area contributed by atoms with Gasteiger partial charge in [-0.3, -0.25) is 0 Å². The lowest BCUT2D eigenvalue weighted by molar-refractivity contribution is 1.09. The van der Waals surface area contributed by atoms with Crippen molar-refractivity contribution in [3.8, 4) is 0 Å². The van der Waals surface area contributed by atoms with Crippen molar-refractivity contribution in [2.24, 2.45) is 5.73 Å². The van der Waals surface area contributed by atoms with Crippen molar-refractivity contribution in [3.63, 3.8) is 0 Å². The van der Waals surface area contributed by atoms with Crippen molar-refractivity contribution in [3.05, 3.63) is 44.9 Å². The van der Waals surface area contributed by atoms with E-state index in [0.29, 0.717) is 16.6 Å². The summed E-state index contributed by atoms with van der Waals surface area (Å²) in [6, 6.07) is 5.43. The molecule has 0 saturated heterocycles. The number of hydrogen-bond donors (Lipinski definition) is 2. The van der Waals surface area contributed by atoms with Gasteiger partial charge in [-0.15, -0.1) is 11.3 Å². The van der Waals surface area contributed by atoms with Gasteiger partial charge in [0.2, 0.25) is 0 Å². The van der Waals surface area contributed by atoms with Gasteiger partial charge in [-0.2, -0.15) is 0 Å². The Hall–Kier alpha value is -1.17. The summed E-state index contributed by atoms with van der Waals surface area (Å²) in [7, 11) is 0. The first-order valence-corrected chi connectivity index (χ1v) is 7.47. The Bertz CT molecular complexity index is 595. The van der Waals surface area contributed by atoms with E-state index in [1.54, 1.807) is 17.4 Å². The van der Waals surface area contributed by atoms with E-state index >= 15 is 0 Å². The molecule has 100 valence electrons. The molecule has 0 aliphatic heterocycles. The van der Waals surface area contributed by atoms with Gasteiger partial charge in [0.15, 0.2) is 0 Å². The molecule has 0 saturated carbocycles. The molecule has 19 heavy (non-hydrogen) atoms.